The van der Waals surface area contributed by atoms with Crippen LogP contribution in [0.25, 0.3) is 0 Å². The zero-order chi connectivity index (χ0) is 14.8. The number of pyridine rings is 1. The van der Waals surface area contributed by atoms with Crippen LogP contribution in [-0.4, -0.2) is 20.4 Å². The summed E-state index contributed by atoms with van der Waals surface area (Å²) >= 11 is 0. The third-order valence-electron chi connectivity index (χ3n) is 2.74. The molecule has 0 fully saturated rings. The molecule has 0 atom stereocenters. The van der Waals surface area contributed by atoms with Crippen molar-refractivity contribution in [1.82, 2.24) is 4.98 Å². The van der Waals surface area contributed by atoms with Crippen molar-refractivity contribution in [1.29, 1.82) is 5.26 Å². The molecule has 102 valence electrons. The minimum Gasteiger partial charge on any atom is -0.399 e. The Balaban J connectivity index is 2.41. The van der Waals surface area contributed by atoms with Crippen molar-refractivity contribution < 1.29 is 8.42 Å². The van der Waals surface area contributed by atoms with Crippen LogP contribution in [0.3, 0.4) is 0 Å². The molecule has 0 aliphatic carbocycles. The maximum absolute atomic E-state index is 12.4. The van der Waals surface area contributed by atoms with Gasteiger partial charge in [-0.3, -0.25) is 4.31 Å². The molecule has 2 rings (SSSR count). The van der Waals surface area contributed by atoms with Gasteiger partial charge < -0.3 is 5.73 Å². The first-order chi connectivity index (χ1) is 9.45. The van der Waals surface area contributed by atoms with Crippen LogP contribution >= 0.6 is 0 Å². The lowest BCUT2D eigenvalue weighted by Gasteiger charge is -2.19. The summed E-state index contributed by atoms with van der Waals surface area (Å²) in [5, 5.41) is 8.66. The van der Waals surface area contributed by atoms with Gasteiger partial charge in [0.05, 0.1) is 5.69 Å². The van der Waals surface area contributed by atoms with E-state index in [1.807, 2.05) is 6.07 Å². The molecule has 0 radical (unpaired) electrons. The molecule has 0 amide bonds. The molecular weight excluding hydrogens is 276 g/mol. The van der Waals surface area contributed by atoms with Crippen LogP contribution in [0.4, 0.5) is 11.4 Å². The number of hydrogen-bond acceptors (Lipinski definition) is 5. The topological polar surface area (TPSA) is 100 Å². The summed E-state index contributed by atoms with van der Waals surface area (Å²) in [7, 11) is -2.30. The van der Waals surface area contributed by atoms with E-state index in [0.717, 1.165) is 10.5 Å². The van der Waals surface area contributed by atoms with Crippen molar-refractivity contribution >= 4 is 21.4 Å². The number of nitrogen functional groups attached to an aromatic ring is 1. The molecule has 2 N–H and O–H groups in total. The molecule has 0 spiro atoms. The number of nitrogens with zero attached hydrogens (tertiary/aromatic N) is 3. The Morgan fingerprint density at radius 1 is 1.30 bits per heavy atom. The second-order valence-electron chi connectivity index (χ2n) is 4.06. The van der Waals surface area contributed by atoms with Gasteiger partial charge in [-0.25, -0.2) is 13.4 Å². The Kier molecular flexibility index (Phi) is 3.59. The number of hydrogen-bond donors (Lipinski definition) is 1. The summed E-state index contributed by atoms with van der Waals surface area (Å²) in [5.74, 6) is 0. The molecule has 1 aromatic carbocycles. The van der Waals surface area contributed by atoms with E-state index in [4.69, 9.17) is 11.0 Å². The van der Waals surface area contributed by atoms with Crippen molar-refractivity contribution in [2.24, 2.45) is 0 Å². The zero-order valence-electron chi connectivity index (χ0n) is 10.7. The molecule has 1 aromatic heterocycles. The number of benzene rings is 1. The summed E-state index contributed by atoms with van der Waals surface area (Å²) < 4.78 is 25.9. The molecule has 7 heteroatoms. The molecule has 0 saturated heterocycles. The molecule has 0 saturated carbocycles. The van der Waals surface area contributed by atoms with Gasteiger partial charge in [0.1, 0.15) is 16.7 Å². The highest BCUT2D eigenvalue weighted by Gasteiger charge is 2.21. The van der Waals surface area contributed by atoms with Crippen molar-refractivity contribution in [3.8, 4) is 6.07 Å². The predicted molar refractivity (Wildman–Crippen MR) is 75.4 cm³/mol. The quantitative estimate of drug-likeness (QED) is 0.859. The van der Waals surface area contributed by atoms with E-state index in [9.17, 15) is 8.42 Å². The summed E-state index contributed by atoms with van der Waals surface area (Å²) in [6.07, 6.45) is 1.16. The number of anilines is 2. The Bertz CT molecular complexity index is 764. The van der Waals surface area contributed by atoms with Crippen molar-refractivity contribution in [3.05, 3.63) is 48.3 Å². The van der Waals surface area contributed by atoms with E-state index in [1.54, 1.807) is 24.3 Å². The van der Waals surface area contributed by atoms with E-state index in [1.165, 1.54) is 19.2 Å². The summed E-state index contributed by atoms with van der Waals surface area (Å²) in [6.45, 7) is 0. The lowest BCUT2D eigenvalue weighted by molar-refractivity contribution is 0.594. The number of nitrogens with two attached hydrogens (primary N) is 1. The number of nitriles is 1. The highest BCUT2D eigenvalue weighted by Crippen LogP contribution is 2.23. The largest absolute Gasteiger partial charge is 0.399 e. The van der Waals surface area contributed by atoms with E-state index < -0.39 is 10.0 Å². The van der Waals surface area contributed by atoms with Gasteiger partial charge in [-0.05, 0) is 30.3 Å². The van der Waals surface area contributed by atoms with Crippen LogP contribution < -0.4 is 10.0 Å². The van der Waals surface area contributed by atoms with E-state index in [-0.39, 0.29) is 10.6 Å². The highest BCUT2D eigenvalue weighted by atomic mass is 32.2. The molecule has 0 bridgehead atoms. The van der Waals surface area contributed by atoms with Gasteiger partial charge in [-0.1, -0.05) is 6.07 Å². The van der Waals surface area contributed by atoms with Gasteiger partial charge in [0, 0.05) is 18.9 Å². The van der Waals surface area contributed by atoms with Gasteiger partial charge in [0.15, 0.2) is 0 Å². The fourth-order valence-electron chi connectivity index (χ4n) is 1.62. The first kappa shape index (κ1) is 13.8. The van der Waals surface area contributed by atoms with Gasteiger partial charge in [0.2, 0.25) is 0 Å². The molecule has 2 aromatic rings. The first-order valence-corrected chi connectivity index (χ1v) is 7.10. The van der Waals surface area contributed by atoms with Crippen molar-refractivity contribution in [3.63, 3.8) is 0 Å². The van der Waals surface area contributed by atoms with E-state index >= 15 is 0 Å². The van der Waals surface area contributed by atoms with Crippen LogP contribution in [0.5, 0.6) is 0 Å². The van der Waals surface area contributed by atoms with Gasteiger partial charge >= 0.3 is 0 Å². The van der Waals surface area contributed by atoms with E-state index in [2.05, 4.69) is 4.98 Å². The third-order valence-corrected chi connectivity index (χ3v) is 4.51. The minimum atomic E-state index is -3.73. The maximum atomic E-state index is 12.4. The summed E-state index contributed by atoms with van der Waals surface area (Å²) in [5.41, 5.74) is 6.74. The average Bonchev–Trinajstić information content (AvgIpc) is 2.46. The molecular formula is C13H12N4O2S. The van der Waals surface area contributed by atoms with Crippen LogP contribution in [0.1, 0.15) is 5.69 Å². The highest BCUT2D eigenvalue weighted by molar-refractivity contribution is 7.92. The van der Waals surface area contributed by atoms with Gasteiger partial charge in [-0.15, -0.1) is 0 Å². The molecule has 0 aliphatic heterocycles. The minimum absolute atomic E-state index is 0.0152. The van der Waals surface area contributed by atoms with Crippen molar-refractivity contribution in [2.45, 2.75) is 4.90 Å². The molecule has 0 unspecified atom stereocenters. The monoisotopic (exact) mass is 288 g/mol. The van der Waals surface area contributed by atoms with Gasteiger partial charge in [0.25, 0.3) is 10.0 Å². The van der Waals surface area contributed by atoms with Crippen molar-refractivity contribution in [2.75, 3.05) is 17.1 Å². The van der Waals surface area contributed by atoms with Crippen LogP contribution in [0, 0.1) is 11.3 Å². The Morgan fingerprint density at radius 2 is 2.05 bits per heavy atom. The second kappa shape index (κ2) is 5.19. The lowest BCUT2D eigenvalue weighted by atomic mass is 10.3. The summed E-state index contributed by atoms with van der Waals surface area (Å²) in [6, 6.07) is 11.1. The van der Waals surface area contributed by atoms with Crippen LogP contribution in [0.15, 0.2) is 47.5 Å². The molecule has 6 nitrogen and oxygen atoms in total. The van der Waals surface area contributed by atoms with Gasteiger partial charge in [-0.2, -0.15) is 5.26 Å². The number of sulfonamides is 1. The van der Waals surface area contributed by atoms with E-state index in [0.29, 0.717) is 11.4 Å². The fraction of sp³-hybridized carbons (Fsp3) is 0.0769. The summed E-state index contributed by atoms with van der Waals surface area (Å²) in [4.78, 5) is 3.78. The number of rotatable bonds is 3. The molecule has 20 heavy (non-hydrogen) atoms. The fourth-order valence-corrected chi connectivity index (χ4v) is 2.75. The first-order valence-electron chi connectivity index (χ1n) is 5.66. The SMILES string of the molecule is CN(c1cccc(N)c1)S(=O)(=O)c1ccc(C#N)nc1. The standard InChI is InChI=1S/C13H12N4O2S/c1-17(12-4-2-3-10(15)7-12)20(18,19)13-6-5-11(8-14)16-9-13/h2-7,9H,15H2,1H3. The third kappa shape index (κ3) is 2.55. The second-order valence-corrected chi connectivity index (χ2v) is 6.03. The lowest BCUT2D eigenvalue weighted by Crippen LogP contribution is -2.26. The van der Waals surface area contributed by atoms with Crippen LogP contribution in [-0.2, 0) is 10.0 Å². The predicted octanol–water partition coefficient (Wildman–Crippen LogP) is 1.36. The molecule has 1 heterocycles. The van der Waals surface area contributed by atoms with Crippen LogP contribution in [0.2, 0.25) is 0 Å². The zero-order valence-corrected chi connectivity index (χ0v) is 11.5. The number of aromatic nitrogens is 1. The Labute approximate surface area is 117 Å². The normalized spacial score (nSPS) is 10.8. The average molecular weight is 288 g/mol. The smallest absolute Gasteiger partial charge is 0.265 e. The maximum Gasteiger partial charge on any atom is 0.265 e. The Morgan fingerprint density at radius 3 is 2.60 bits per heavy atom. The molecule has 0 aliphatic rings. The Hall–Kier alpha value is -2.59.